The third-order valence-corrected chi connectivity index (χ3v) is 5.05. The Labute approximate surface area is 149 Å². The molecule has 0 aromatic carbocycles. The molecule has 25 heavy (non-hydrogen) atoms. The average molecular weight is 342 g/mol. The van der Waals surface area contributed by atoms with Crippen LogP contribution < -0.4 is 15.8 Å². The monoisotopic (exact) mass is 342 g/mol. The van der Waals surface area contributed by atoms with Crippen LogP contribution in [0.1, 0.15) is 32.3 Å². The van der Waals surface area contributed by atoms with Crippen LogP contribution in [0.3, 0.4) is 0 Å². The summed E-state index contributed by atoms with van der Waals surface area (Å²) >= 11 is 0. The Morgan fingerprint density at radius 2 is 2.16 bits per heavy atom. The van der Waals surface area contributed by atoms with E-state index in [0.29, 0.717) is 30.6 Å². The fourth-order valence-corrected chi connectivity index (χ4v) is 3.49. The molecule has 0 aliphatic carbocycles. The van der Waals surface area contributed by atoms with Crippen LogP contribution in [-0.4, -0.2) is 54.1 Å². The molecule has 0 radical (unpaired) electrons. The topological polar surface area (TPSA) is 84.3 Å². The number of nitrogens with one attached hydrogen (secondary N) is 2. The van der Waals surface area contributed by atoms with E-state index in [2.05, 4.69) is 40.7 Å². The van der Waals surface area contributed by atoms with Gasteiger partial charge in [-0.1, -0.05) is 13.8 Å². The largest absolute Gasteiger partial charge is 0.354 e. The van der Waals surface area contributed by atoms with Crippen molar-refractivity contribution in [2.24, 2.45) is 5.92 Å². The third kappa shape index (κ3) is 3.91. The molecule has 1 aromatic heterocycles. The second-order valence-electron chi connectivity index (χ2n) is 7.08. The summed E-state index contributed by atoms with van der Waals surface area (Å²) in [5, 5.41) is 9.28. The summed E-state index contributed by atoms with van der Waals surface area (Å²) in [5.74, 6) is 1.39. The summed E-state index contributed by atoms with van der Waals surface area (Å²) in [6.07, 6.45) is 3.42. The first kappa shape index (κ1) is 17.6. The Bertz CT molecular complexity index is 655. The molecule has 2 saturated heterocycles. The fraction of sp³-hybridized carbons (Fsp3) is 0.611. The zero-order valence-electron chi connectivity index (χ0n) is 14.9. The van der Waals surface area contributed by atoms with Crippen molar-refractivity contribution in [1.29, 1.82) is 5.26 Å². The number of nitrogens with zero attached hydrogens (tertiary/aromatic N) is 4. The molecule has 134 valence electrons. The van der Waals surface area contributed by atoms with Gasteiger partial charge < -0.3 is 9.80 Å². The van der Waals surface area contributed by atoms with Crippen molar-refractivity contribution in [2.45, 2.75) is 38.8 Å². The Kier molecular flexibility index (Phi) is 5.51. The molecule has 3 heterocycles. The number of carbonyl (C=O) groups is 1. The SMILES string of the molecule is CC(C)C1CC(C(=O)N2CCCN(c3ncccc3C#N)CC2)NN1. The summed E-state index contributed by atoms with van der Waals surface area (Å²) < 4.78 is 0. The number of nitriles is 1. The van der Waals surface area contributed by atoms with Crippen LogP contribution in [0.2, 0.25) is 0 Å². The van der Waals surface area contributed by atoms with Crippen molar-refractivity contribution >= 4 is 11.7 Å². The van der Waals surface area contributed by atoms with Gasteiger partial charge in [0.15, 0.2) is 0 Å². The van der Waals surface area contributed by atoms with Crippen molar-refractivity contribution in [1.82, 2.24) is 20.7 Å². The van der Waals surface area contributed by atoms with E-state index >= 15 is 0 Å². The first-order chi connectivity index (χ1) is 12.1. The van der Waals surface area contributed by atoms with Crippen molar-refractivity contribution in [2.75, 3.05) is 31.1 Å². The van der Waals surface area contributed by atoms with E-state index in [0.717, 1.165) is 31.7 Å². The lowest BCUT2D eigenvalue weighted by atomic mass is 9.99. The first-order valence-corrected chi connectivity index (χ1v) is 9.00. The quantitative estimate of drug-likeness (QED) is 0.848. The molecule has 0 saturated carbocycles. The van der Waals surface area contributed by atoms with E-state index in [1.807, 2.05) is 4.90 Å². The number of pyridine rings is 1. The normalized spacial score (nSPS) is 24.2. The van der Waals surface area contributed by atoms with Gasteiger partial charge in [-0.05, 0) is 30.9 Å². The van der Waals surface area contributed by atoms with Gasteiger partial charge in [0.1, 0.15) is 17.9 Å². The van der Waals surface area contributed by atoms with E-state index < -0.39 is 0 Å². The van der Waals surface area contributed by atoms with Crippen LogP contribution in [-0.2, 0) is 4.79 Å². The van der Waals surface area contributed by atoms with Crippen molar-refractivity contribution < 1.29 is 4.79 Å². The van der Waals surface area contributed by atoms with Crippen LogP contribution in [0, 0.1) is 17.2 Å². The van der Waals surface area contributed by atoms with Crippen LogP contribution in [0.5, 0.6) is 0 Å². The van der Waals surface area contributed by atoms with Gasteiger partial charge in [-0.15, -0.1) is 0 Å². The minimum atomic E-state index is -0.150. The van der Waals surface area contributed by atoms with Crippen molar-refractivity contribution in [3.63, 3.8) is 0 Å². The maximum atomic E-state index is 12.8. The number of hydrazine groups is 1. The second-order valence-corrected chi connectivity index (χ2v) is 7.08. The number of carbonyl (C=O) groups excluding carboxylic acids is 1. The molecular weight excluding hydrogens is 316 g/mol. The highest BCUT2D eigenvalue weighted by Gasteiger charge is 2.34. The maximum absolute atomic E-state index is 12.8. The zero-order chi connectivity index (χ0) is 17.8. The molecule has 2 aliphatic rings. The molecule has 7 heteroatoms. The standard InChI is InChI=1S/C18H26N6O/c1-13(2)15-11-16(22-21-15)18(25)24-8-4-7-23(9-10-24)17-14(12-19)5-3-6-20-17/h3,5-6,13,15-16,21-22H,4,7-11H2,1-2H3. The second kappa shape index (κ2) is 7.81. The van der Waals surface area contributed by atoms with Gasteiger partial charge in [-0.3, -0.25) is 10.2 Å². The predicted octanol–water partition coefficient (Wildman–Crippen LogP) is 0.883. The summed E-state index contributed by atoms with van der Waals surface area (Å²) in [6.45, 7) is 7.23. The minimum Gasteiger partial charge on any atom is -0.354 e. The Hall–Kier alpha value is -2.17. The molecule has 3 rings (SSSR count). The van der Waals surface area contributed by atoms with Crippen LogP contribution in [0.4, 0.5) is 5.82 Å². The number of anilines is 1. The highest BCUT2D eigenvalue weighted by Crippen LogP contribution is 2.20. The van der Waals surface area contributed by atoms with E-state index in [9.17, 15) is 10.1 Å². The Morgan fingerprint density at radius 3 is 2.88 bits per heavy atom. The Balaban J connectivity index is 1.62. The van der Waals surface area contributed by atoms with Crippen LogP contribution in [0.25, 0.3) is 0 Å². The first-order valence-electron chi connectivity index (χ1n) is 9.00. The molecule has 1 amide bonds. The van der Waals surface area contributed by atoms with E-state index in [1.54, 1.807) is 18.3 Å². The van der Waals surface area contributed by atoms with Crippen molar-refractivity contribution in [3.8, 4) is 6.07 Å². The number of hydrogen-bond donors (Lipinski definition) is 2. The number of rotatable bonds is 3. The van der Waals surface area contributed by atoms with E-state index in [4.69, 9.17) is 0 Å². The van der Waals surface area contributed by atoms with Gasteiger partial charge in [-0.25, -0.2) is 10.4 Å². The summed E-state index contributed by atoms with van der Waals surface area (Å²) in [4.78, 5) is 21.2. The molecule has 1 aromatic rings. The highest BCUT2D eigenvalue weighted by molar-refractivity contribution is 5.82. The molecule has 2 unspecified atom stereocenters. The molecule has 0 spiro atoms. The fourth-order valence-electron chi connectivity index (χ4n) is 3.49. The minimum absolute atomic E-state index is 0.150. The molecule has 2 fully saturated rings. The average Bonchev–Trinajstić information content (AvgIpc) is 3.00. The Morgan fingerprint density at radius 1 is 1.32 bits per heavy atom. The van der Waals surface area contributed by atoms with E-state index in [-0.39, 0.29) is 11.9 Å². The van der Waals surface area contributed by atoms with Gasteiger partial charge in [0.25, 0.3) is 0 Å². The number of hydrogen-bond acceptors (Lipinski definition) is 6. The molecular formula is C18H26N6O. The maximum Gasteiger partial charge on any atom is 0.241 e. The van der Waals surface area contributed by atoms with Gasteiger partial charge in [0.05, 0.1) is 5.56 Å². The lowest BCUT2D eigenvalue weighted by Crippen LogP contribution is -2.47. The van der Waals surface area contributed by atoms with Gasteiger partial charge in [0.2, 0.25) is 5.91 Å². The summed E-state index contributed by atoms with van der Waals surface area (Å²) in [5.41, 5.74) is 6.98. The van der Waals surface area contributed by atoms with Gasteiger partial charge in [0, 0.05) is 38.4 Å². The number of aromatic nitrogens is 1. The predicted molar refractivity (Wildman–Crippen MR) is 95.7 cm³/mol. The van der Waals surface area contributed by atoms with Gasteiger partial charge in [-0.2, -0.15) is 5.26 Å². The van der Waals surface area contributed by atoms with Crippen LogP contribution in [0.15, 0.2) is 18.3 Å². The molecule has 2 aliphatic heterocycles. The number of amides is 1. The van der Waals surface area contributed by atoms with E-state index in [1.165, 1.54) is 0 Å². The third-order valence-electron chi connectivity index (χ3n) is 5.05. The molecule has 7 nitrogen and oxygen atoms in total. The summed E-state index contributed by atoms with van der Waals surface area (Å²) in [7, 11) is 0. The molecule has 0 bridgehead atoms. The molecule has 2 atom stereocenters. The smallest absolute Gasteiger partial charge is 0.241 e. The van der Waals surface area contributed by atoms with Crippen LogP contribution >= 0.6 is 0 Å². The zero-order valence-corrected chi connectivity index (χ0v) is 14.9. The lowest BCUT2D eigenvalue weighted by molar-refractivity contribution is -0.133. The summed E-state index contributed by atoms with van der Waals surface area (Å²) in [6, 6.07) is 5.96. The molecule has 2 N–H and O–H groups in total. The van der Waals surface area contributed by atoms with Crippen molar-refractivity contribution in [3.05, 3.63) is 23.9 Å². The lowest BCUT2D eigenvalue weighted by Gasteiger charge is -2.25. The highest BCUT2D eigenvalue weighted by atomic mass is 16.2. The van der Waals surface area contributed by atoms with Gasteiger partial charge >= 0.3 is 0 Å².